The van der Waals surface area contributed by atoms with Gasteiger partial charge in [0.25, 0.3) is 0 Å². The van der Waals surface area contributed by atoms with Crippen LogP contribution in [0.1, 0.15) is 17.0 Å². The molecular formula is C11H9BrO2. The maximum absolute atomic E-state index is 10.9. The molecule has 0 unspecified atom stereocenters. The van der Waals surface area contributed by atoms with Crippen LogP contribution in [0, 0.1) is 11.8 Å². The summed E-state index contributed by atoms with van der Waals surface area (Å²) in [6.45, 7) is 0. The minimum absolute atomic E-state index is 0.114. The van der Waals surface area contributed by atoms with Gasteiger partial charge in [0.1, 0.15) is 0 Å². The molecule has 0 saturated heterocycles. The molecule has 3 atom stereocenters. The van der Waals surface area contributed by atoms with E-state index in [4.69, 9.17) is 5.11 Å². The highest BCUT2D eigenvalue weighted by atomic mass is 79.9. The summed E-state index contributed by atoms with van der Waals surface area (Å²) >= 11 is 3.42. The van der Waals surface area contributed by atoms with E-state index in [1.54, 1.807) is 0 Å². The predicted molar refractivity (Wildman–Crippen MR) is 55.2 cm³/mol. The average molecular weight is 253 g/mol. The van der Waals surface area contributed by atoms with Gasteiger partial charge in [-0.3, -0.25) is 4.79 Å². The maximum atomic E-state index is 10.9. The van der Waals surface area contributed by atoms with Gasteiger partial charge in [-0.15, -0.1) is 0 Å². The topological polar surface area (TPSA) is 37.3 Å². The summed E-state index contributed by atoms with van der Waals surface area (Å²) < 4.78 is 1.05. The van der Waals surface area contributed by atoms with E-state index >= 15 is 0 Å². The van der Waals surface area contributed by atoms with Crippen molar-refractivity contribution in [3.8, 4) is 0 Å². The lowest BCUT2D eigenvalue weighted by molar-refractivity contribution is -0.139. The molecule has 0 radical (unpaired) electrons. The molecule has 0 amide bonds. The first-order valence-corrected chi connectivity index (χ1v) is 5.49. The third-order valence-corrected chi connectivity index (χ3v) is 3.87. The molecule has 72 valence electrons. The standard InChI is InChI=1S/C11H9BrO2/c12-6-2-1-5-3-8-9(7(5)4-6)10(8)11(13)14/h1-2,4,8-10H,3H2,(H,13,14)/t8-,9+,10+/m0/s1. The molecule has 0 aromatic heterocycles. The van der Waals surface area contributed by atoms with Gasteiger partial charge in [0.2, 0.25) is 0 Å². The smallest absolute Gasteiger partial charge is 0.307 e. The Bertz CT molecular complexity index is 427. The monoisotopic (exact) mass is 252 g/mol. The van der Waals surface area contributed by atoms with Gasteiger partial charge in [0.05, 0.1) is 5.92 Å². The van der Waals surface area contributed by atoms with Gasteiger partial charge in [0.15, 0.2) is 0 Å². The number of hydrogen-bond donors (Lipinski definition) is 1. The van der Waals surface area contributed by atoms with Crippen LogP contribution in [0.2, 0.25) is 0 Å². The third-order valence-electron chi connectivity index (χ3n) is 3.38. The second-order valence-corrected chi connectivity index (χ2v) is 5.02. The van der Waals surface area contributed by atoms with Gasteiger partial charge in [-0.1, -0.05) is 22.0 Å². The number of fused-ring (bicyclic) bond motifs is 3. The number of hydrogen-bond acceptors (Lipinski definition) is 1. The number of halogens is 1. The van der Waals surface area contributed by atoms with Gasteiger partial charge >= 0.3 is 5.97 Å². The largest absolute Gasteiger partial charge is 0.481 e. The fourth-order valence-corrected chi connectivity index (χ4v) is 3.08. The predicted octanol–water partition coefficient (Wildman–Crippen LogP) is 2.42. The first-order chi connectivity index (χ1) is 6.68. The van der Waals surface area contributed by atoms with Gasteiger partial charge in [0, 0.05) is 10.4 Å². The lowest BCUT2D eigenvalue weighted by atomic mass is 10.0. The molecule has 2 nitrogen and oxygen atoms in total. The Morgan fingerprint density at radius 3 is 3.00 bits per heavy atom. The van der Waals surface area contributed by atoms with Crippen molar-refractivity contribution in [2.45, 2.75) is 12.3 Å². The van der Waals surface area contributed by atoms with Crippen LogP contribution < -0.4 is 0 Å². The van der Waals surface area contributed by atoms with Crippen molar-refractivity contribution >= 4 is 21.9 Å². The first-order valence-electron chi connectivity index (χ1n) is 4.69. The summed E-state index contributed by atoms with van der Waals surface area (Å²) in [6, 6.07) is 6.20. The molecule has 1 aromatic carbocycles. The van der Waals surface area contributed by atoms with Gasteiger partial charge < -0.3 is 5.11 Å². The highest BCUT2D eigenvalue weighted by Crippen LogP contribution is 2.61. The molecule has 3 heteroatoms. The van der Waals surface area contributed by atoms with E-state index < -0.39 is 5.97 Å². The van der Waals surface area contributed by atoms with Crippen molar-refractivity contribution in [2.75, 3.05) is 0 Å². The lowest BCUT2D eigenvalue weighted by Gasteiger charge is -2.04. The first kappa shape index (κ1) is 8.48. The SMILES string of the molecule is O=C(O)[C@@H]1[C@H]2Cc3ccc(Br)cc3[C@H]21. The van der Waals surface area contributed by atoms with E-state index in [-0.39, 0.29) is 5.92 Å². The van der Waals surface area contributed by atoms with Crippen molar-refractivity contribution < 1.29 is 9.90 Å². The Morgan fingerprint density at radius 1 is 1.50 bits per heavy atom. The van der Waals surface area contributed by atoms with Crippen LogP contribution in [0.15, 0.2) is 22.7 Å². The van der Waals surface area contributed by atoms with Crippen molar-refractivity contribution in [1.82, 2.24) is 0 Å². The molecule has 3 rings (SSSR count). The number of carboxylic acid groups (broad SMARTS) is 1. The molecule has 1 aromatic rings. The Morgan fingerprint density at radius 2 is 2.29 bits per heavy atom. The Kier molecular flexibility index (Phi) is 1.57. The van der Waals surface area contributed by atoms with Crippen molar-refractivity contribution in [3.05, 3.63) is 33.8 Å². The minimum atomic E-state index is -0.634. The van der Waals surface area contributed by atoms with Crippen LogP contribution in [-0.2, 0) is 11.2 Å². The van der Waals surface area contributed by atoms with E-state index in [1.807, 2.05) is 6.07 Å². The number of benzene rings is 1. The zero-order valence-electron chi connectivity index (χ0n) is 7.40. The van der Waals surface area contributed by atoms with Gasteiger partial charge in [-0.05, 0) is 35.6 Å². The lowest BCUT2D eigenvalue weighted by Crippen LogP contribution is -2.04. The van der Waals surface area contributed by atoms with Crippen molar-refractivity contribution in [2.24, 2.45) is 11.8 Å². The van der Waals surface area contributed by atoms with E-state index in [0.29, 0.717) is 11.8 Å². The fourth-order valence-electron chi connectivity index (χ4n) is 2.70. The minimum Gasteiger partial charge on any atom is -0.481 e. The van der Waals surface area contributed by atoms with E-state index in [1.165, 1.54) is 11.1 Å². The number of aliphatic carboxylic acids is 1. The molecule has 0 aliphatic heterocycles. The van der Waals surface area contributed by atoms with Crippen molar-refractivity contribution in [1.29, 1.82) is 0 Å². The van der Waals surface area contributed by atoms with E-state index in [2.05, 4.69) is 28.1 Å². The second kappa shape index (κ2) is 2.60. The Balaban J connectivity index is 2.01. The summed E-state index contributed by atoms with van der Waals surface area (Å²) in [5.41, 5.74) is 2.58. The van der Waals surface area contributed by atoms with Crippen LogP contribution in [0.25, 0.3) is 0 Å². The van der Waals surface area contributed by atoms with Gasteiger partial charge in [-0.25, -0.2) is 0 Å². The molecule has 0 spiro atoms. The molecule has 1 fully saturated rings. The second-order valence-electron chi connectivity index (χ2n) is 4.10. The van der Waals surface area contributed by atoms with Crippen molar-refractivity contribution in [3.63, 3.8) is 0 Å². The zero-order valence-corrected chi connectivity index (χ0v) is 8.99. The highest BCUT2D eigenvalue weighted by molar-refractivity contribution is 9.10. The van der Waals surface area contributed by atoms with E-state index in [9.17, 15) is 4.79 Å². The summed E-state index contributed by atoms with van der Waals surface area (Å²) in [5.74, 6) is -0.0841. The van der Waals surface area contributed by atoms with Crippen LogP contribution in [0.3, 0.4) is 0 Å². The Labute approximate surface area is 90.1 Å². The quantitative estimate of drug-likeness (QED) is 0.834. The normalized spacial score (nSPS) is 32.2. The maximum Gasteiger partial charge on any atom is 0.307 e. The highest BCUT2D eigenvalue weighted by Gasteiger charge is 2.59. The molecule has 1 N–H and O–H groups in total. The van der Waals surface area contributed by atoms with E-state index in [0.717, 1.165) is 10.9 Å². The van der Waals surface area contributed by atoms with Crippen LogP contribution in [-0.4, -0.2) is 11.1 Å². The molecule has 1 saturated carbocycles. The molecule has 0 heterocycles. The molecule has 0 bridgehead atoms. The summed E-state index contributed by atoms with van der Waals surface area (Å²) in [5, 5.41) is 8.94. The van der Waals surface area contributed by atoms with Crippen LogP contribution >= 0.6 is 15.9 Å². The van der Waals surface area contributed by atoms with Crippen LogP contribution in [0.5, 0.6) is 0 Å². The summed E-state index contributed by atoms with van der Waals surface area (Å²) in [4.78, 5) is 10.9. The molecule has 2 aliphatic rings. The average Bonchev–Trinajstić information content (AvgIpc) is 2.73. The summed E-state index contributed by atoms with van der Waals surface area (Å²) in [7, 11) is 0. The number of carboxylic acids is 1. The Hall–Kier alpha value is -0.830. The fraction of sp³-hybridized carbons (Fsp3) is 0.364. The molecule has 14 heavy (non-hydrogen) atoms. The zero-order chi connectivity index (χ0) is 9.87. The third kappa shape index (κ3) is 0.989. The number of carbonyl (C=O) groups is 1. The van der Waals surface area contributed by atoms with Crippen LogP contribution in [0.4, 0.5) is 0 Å². The molecular weight excluding hydrogens is 244 g/mol. The molecule has 2 aliphatic carbocycles. The number of rotatable bonds is 1. The van der Waals surface area contributed by atoms with Gasteiger partial charge in [-0.2, -0.15) is 0 Å². The summed E-state index contributed by atoms with van der Waals surface area (Å²) in [6.07, 6.45) is 0.949.